The zero-order valence-corrected chi connectivity index (χ0v) is 17.3. The fourth-order valence-electron chi connectivity index (χ4n) is 2.28. The molecule has 3 rings (SSSR count). The van der Waals surface area contributed by atoms with Crippen molar-refractivity contribution in [1.82, 2.24) is 29.5 Å². The molecule has 0 radical (unpaired) electrons. The highest BCUT2D eigenvalue weighted by molar-refractivity contribution is 9.10. The highest BCUT2D eigenvalue weighted by atomic mass is 79.9. The second-order valence-corrected chi connectivity index (χ2v) is 6.48. The molecule has 0 aliphatic heterocycles. The Balaban J connectivity index is 0.00000136. The third-order valence-corrected chi connectivity index (χ3v) is 4.05. The molecule has 1 aromatic carbocycles. The monoisotopic (exact) mass is 480 g/mol. The fraction of sp³-hybridized carbons (Fsp3) is 0.375. The Kier molecular flexibility index (Phi) is 7.41. The first-order valence-corrected chi connectivity index (χ1v) is 9.47. The van der Waals surface area contributed by atoms with Crippen LogP contribution in [0, 0.1) is 0 Å². The number of aromatic amines is 1. The molecule has 0 aliphatic carbocycles. The van der Waals surface area contributed by atoms with Crippen LogP contribution in [0.15, 0.2) is 33.8 Å². The van der Waals surface area contributed by atoms with Gasteiger partial charge in [-0.1, -0.05) is 25.4 Å². The van der Waals surface area contributed by atoms with Crippen LogP contribution in [0.25, 0.3) is 11.4 Å². The SMILES string of the molecule is CC.O=c1n(Cc2nc(Br)n[nH]2)nc(-c2ccc(Cl)cc2)n1CCC(F)(F)F. The molecule has 1 N–H and O–H groups in total. The minimum atomic E-state index is -4.39. The lowest BCUT2D eigenvalue weighted by Crippen LogP contribution is -2.27. The summed E-state index contributed by atoms with van der Waals surface area (Å²) in [5, 5.41) is 11.0. The molecule has 2 aromatic heterocycles. The van der Waals surface area contributed by atoms with E-state index in [-0.39, 0.29) is 12.4 Å². The first-order chi connectivity index (χ1) is 13.2. The number of H-pyrrole nitrogens is 1. The van der Waals surface area contributed by atoms with Gasteiger partial charge in [-0.2, -0.15) is 13.2 Å². The number of hydrogen-bond acceptors (Lipinski definition) is 4. The van der Waals surface area contributed by atoms with Gasteiger partial charge >= 0.3 is 11.9 Å². The molecule has 0 aliphatic rings. The van der Waals surface area contributed by atoms with Crippen molar-refractivity contribution < 1.29 is 13.2 Å². The minimum Gasteiger partial charge on any atom is -0.275 e. The number of nitrogens with one attached hydrogen (secondary N) is 1. The van der Waals surface area contributed by atoms with Crippen LogP contribution in [-0.4, -0.2) is 35.7 Å². The second-order valence-electron chi connectivity index (χ2n) is 5.34. The van der Waals surface area contributed by atoms with Gasteiger partial charge in [0.2, 0.25) is 4.73 Å². The number of halogens is 5. The van der Waals surface area contributed by atoms with Crippen molar-refractivity contribution in [2.45, 2.75) is 39.5 Å². The summed E-state index contributed by atoms with van der Waals surface area (Å²) in [5.41, 5.74) is -0.196. The molecule has 0 bridgehead atoms. The van der Waals surface area contributed by atoms with Crippen molar-refractivity contribution in [3.8, 4) is 11.4 Å². The molecule has 0 atom stereocenters. The number of alkyl halides is 3. The van der Waals surface area contributed by atoms with E-state index >= 15 is 0 Å². The van der Waals surface area contributed by atoms with Crippen LogP contribution in [0.5, 0.6) is 0 Å². The van der Waals surface area contributed by atoms with Crippen LogP contribution in [-0.2, 0) is 13.1 Å². The van der Waals surface area contributed by atoms with E-state index in [0.717, 1.165) is 9.25 Å². The number of aromatic nitrogens is 6. The quantitative estimate of drug-likeness (QED) is 0.590. The summed E-state index contributed by atoms with van der Waals surface area (Å²) in [6.07, 6.45) is -5.54. The second kappa shape index (κ2) is 9.37. The molecule has 28 heavy (non-hydrogen) atoms. The van der Waals surface area contributed by atoms with Gasteiger partial charge in [-0.25, -0.2) is 14.5 Å². The summed E-state index contributed by atoms with van der Waals surface area (Å²) in [6.45, 7) is 3.40. The van der Waals surface area contributed by atoms with E-state index in [2.05, 4.69) is 36.2 Å². The largest absolute Gasteiger partial charge is 0.390 e. The third kappa shape index (κ3) is 5.68. The molecule has 0 unspecified atom stereocenters. The molecular weight excluding hydrogens is 465 g/mol. The summed E-state index contributed by atoms with van der Waals surface area (Å²) in [7, 11) is 0. The molecule has 0 amide bonds. The molecule has 3 aromatic rings. The number of nitrogens with zero attached hydrogens (tertiary/aromatic N) is 5. The maximum atomic E-state index is 12.6. The van der Waals surface area contributed by atoms with Crippen LogP contribution in [0.4, 0.5) is 13.2 Å². The topological polar surface area (TPSA) is 81.4 Å². The summed E-state index contributed by atoms with van der Waals surface area (Å²) >= 11 is 8.91. The number of hydrogen-bond donors (Lipinski definition) is 1. The van der Waals surface area contributed by atoms with Gasteiger partial charge in [0, 0.05) is 17.1 Å². The van der Waals surface area contributed by atoms with Crippen molar-refractivity contribution in [3.05, 3.63) is 50.3 Å². The lowest BCUT2D eigenvalue weighted by molar-refractivity contribution is -0.136. The number of benzene rings is 1. The van der Waals surface area contributed by atoms with Crippen LogP contribution >= 0.6 is 27.5 Å². The highest BCUT2D eigenvalue weighted by Crippen LogP contribution is 2.23. The Morgan fingerprint density at radius 3 is 2.39 bits per heavy atom. The zero-order chi connectivity index (χ0) is 20.9. The van der Waals surface area contributed by atoms with E-state index in [1.165, 1.54) is 0 Å². The van der Waals surface area contributed by atoms with Crippen molar-refractivity contribution in [1.29, 1.82) is 0 Å². The predicted octanol–water partition coefficient (Wildman–Crippen LogP) is 4.27. The Morgan fingerprint density at radius 2 is 1.86 bits per heavy atom. The average molecular weight is 482 g/mol. The normalized spacial score (nSPS) is 11.2. The van der Waals surface area contributed by atoms with Crippen LogP contribution < -0.4 is 5.69 Å². The van der Waals surface area contributed by atoms with E-state index in [9.17, 15) is 18.0 Å². The van der Waals surface area contributed by atoms with Crippen molar-refractivity contribution in [2.24, 2.45) is 0 Å². The van der Waals surface area contributed by atoms with Crippen LogP contribution in [0.1, 0.15) is 26.1 Å². The summed E-state index contributed by atoms with van der Waals surface area (Å²) in [5.74, 6) is 0.455. The molecule has 2 heterocycles. The van der Waals surface area contributed by atoms with Gasteiger partial charge in [0.15, 0.2) is 5.82 Å². The van der Waals surface area contributed by atoms with E-state index in [0.29, 0.717) is 21.1 Å². The Labute approximate surface area is 171 Å². The zero-order valence-electron chi connectivity index (χ0n) is 15.0. The van der Waals surface area contributed by atoms with Gasteiger partial charge in [0.1, 0.15) is 12.4 Å². The van der Waals surface area contributed by atoms with E-state index < -0.39 is 24.8 Å². The Bertz CT molecular complexity index is 964. The molecule has 0 fully saturated rings. The lowest BCUT2D eigenvalue weighted by atomic mass is 10.2. The minimum absolute atomic E-state index is 0.0585. The molecule has 12 heteroatoms. The predicted molar refractivity (Wildman–Crippen MR) is 102 cm³/mol. The molecule has 0 saturated carbocycles. The van der Waals surface area contributed by atoms with Gasteiger partial charge in [-0.3, -0.25) is 9.67 Å². The van der Waals surface area contributed by atoms with Crippen LogP contribution in [0.2, 0.25) is 5.02 Å². The van der Waals surface area contributed by atoms with Gasteiger partial charge in [-0.05, 0) is 40.2 Å². The molecule has 7 nitrogen and oxygen atoms in total. The molecule has 152 valence electrons. The molecule has 0 spiro atoms. The summed E-state index contributed by atoms with van der Waals surface area (Å²) in [4.78, 5) is 16.6. The van der Waals surface area contributed by atoms with Crippen molar-refractivity contribution in [3.63, 3.8) is 0 Å². The summed E-state index contributed by atoms with van der Waals surface area (Å²) < 4.78 is 40.2. The average Bonchev–Trinajstić information content (AvgIpc) is 3.19. The lowest BCUT2D eigenvalue weighted by Gasteiger charge is -2.08. The van der Waals surface area contributed by atoms with Gasteiger partial charge in [0.25, 0.3) is 0 Å². The van der Waals surface area contributed by atoms with Crippen molar-refractivity contribution in [2.75, 3.05) is 0 Å². The van der Waals surface area contributed by atoms with Crippen LogP contribution in [0.3, 0.4) is 0 Å². The molecule has 0 saturated heterocycles. The smallest absolute Gasteiger partial charge is 0.275 e. The van der Waals surface area contributed by atoms with Gasteiger partial charge in [0.05, 0.1) is 6.42 Å². The maximum Gasteiger partial charge on any atom is 0.390 e. The highest BCUT2D eigenvalue weighted by Gasteiger charge is 2.28. The maximum absolute atomic E-state index is 12.6. The third-order valence-electron chi connectivity index (χ3n) is 3.45. The Morgan fingerprint density at radius 1 is 1.21 bits per heavy atom. The van der Waals surface area contributed by atoms with E-state index in [4.69, 9.17) is 11.6 Å². The first-order valence-electron chi connectivity index (χ1n) is 8.30. The number of rotatable bonds is 5. The van der Waals surface area contributed by atoms with Gasteiger partial charge < -0.3 is 0 Å². The summed E-state index contributed by atoms with van der Waals surface area (Å²) in [6, 6.07) is 6.32. The standard InChI is InChI=1S/C14H11BrClF3N6O.C2H6/c15-12-20-10(21-22-12)7-25-13(26)24(6-5-14(17,18)19)11(23-25)8-1-3-9(16)4-2-8;1-2/h1-4H,5-7H2,(H,20,21,22);1-2H3. The molecular formula is C16H17BrClF3N6O. The van der Waals surface area contributed by atoms with E-state index in [1.54, 1.807) is 24.3 Å². The van der Waals surface area contributed by atoms with Crippen molar-refractivity contribution >= 4 is 27.5 Å². The first kappa shape index (κ1) is 22.2. The Hall–Kier alpha value is -2.14. The van der Waals surface area contributed by atoms with E-state index in [1.807, 2.05) is 13.8 Å². The van der Waals surface area contributed by atoms with Gasteiger partial charge in [-0.15, -0.1) is 10.2 Å². The fourth-order valence-corrected chi connectivity index (χ4v) is 2.71.